The molecule has 0 aliphatic rings. The summed E-state index contributed by atoms with van der Waals surface area (Å²) in [5.41, 5.74) is 0. The van der Waals surface area contributed by atoms with Crippen molar-refractivity contribution in [3.05, 3.63) is 0 Å². The van der Waals surface area contributed by atoms with Crippen molar-refractivity contribution in [2.75, 3.05) is 13.7 Å². The molecule has 122 valence electrons. The second-order valence-corrected chi connectivity index (χ2v) is 6.43. The fourth-order valence-electron chi connectivity index (χ4n) is 2.97. The van der Waals surface area contributed by atoms with E-state index in [9.17, 15) is 0 Å². The van der Waals surface area contributed by atoms with Crippen LogP contribution in [0.4, 0.5) is 0 Å². The van der Waals surface area contributed by atoms with Gasteiger partial charge in [0.2, 0.25) is 0 Å². The molecule has 0 heterocycles. The summed E-state index contributed by atoms with van der Waals surface area (Å²) in [6.07, 6.45) is 19.7. The lowest BCUT2D eigenvalue weighted by atomic mass is 9.95. The standard InChI is InChI=1S/C19H40O/c1-4-6-8-10-12-14-16-19(18-20-3)17-15-13-11-9-7-5-2/h19H,4-18H2,1-3H3. The fourth-order valence-corrected chi connectivity index (χ4v) is 2.97. The molecule has 0 N–H and O–H groups in total. The first-order valence-electron chi connectivity index (χ1n) is 9.34. The number of unbranched alkanes of at least 4 members (excludes halogenated alkanes) is 10. The quantitative estimate of drug-likeness (QED) is 0.285. The van der Waals surface area contributed by atoms with E-state index in [0.29, 0.717) is 0 Å². The van der Waals surface area contributed by atoms with Gasteiger partial charge in [-0.15, -0.1) is 0 Å². The van der Waals surface area contributed by atoms with Crippen LogP contribution in [-0.2, 0) is 4.74 Å². The molecule has 0 atom stereocenters. The molecule has 0 bridgehead atoms. The van der Waals surface area contributed by atoms with Crippen molar-refractivity contribution < 1.29 is 4.74 Å². The zero-order valence-electron chi connectivity index (χ0n) is 14.6. The summed E-state index contributed by atoms with van der Waals surface area (Å²) in [4.78, 5) is 0. The highest BCUT2D eigenvalue weighted by Gasteiger charge is 2.08. The molecule has 0 saturated heterocycles. The summed E-state index contributed by atoms with van der Waals surface area (Å²) in [7, 11) is 1.86. The summed E-state index contributed by atoms with van der Waals surface area (Å²) >= 11 is 0. The molecule has 0 aromatic heterocycles. The van der Waals surface area contributed by atoms with Gasteiger partial charge in [-0.25, -0.2) is 0 Å². The highest BCUT2D eigenvalue weighted by molar-refractivity contribution is 4.60. The van der Waals surface area contributed by atoms with Crippen molar-refractivity contribution in [3.8, 4) is 0 Å². The maximum Gasteiger partial charge on any atom is 0.0490 e. The third kappa shape index (κ3) is 14.4. The normalized spacial score (nSPS) is 11.4. The lowest BCUT2D eigenvalue weighted by molar-refractivity contribution is 0.140. The van der Waals surface area contributed by atoms with Crippen molar-refractivity contribution in [2.45, 2.75) is 104 Å². The van der Waals surface area contributed by atoms with Gasteiger partial charge < -0.3 is 4.74 Å². The molecule has 0 aliphatic heterocycles. The molecule has 1 heteroatoms. The maximum atomic E-state index is 5.40. The zero-order chi connectivity index (χ0) is 14.9. The summed E-state index contributed by atoms with van der Waals surface area (Å²) in [6.45, 7) is 5.55. The molecule has 1 nitrogen and oxygen atoms in total. The van der Waals surface area contributed by atoms with E-state index >= 15 is 0 Å². The van der Waals surface area contributed by atoms with Gasteiger partial charge >= 0.3 is 0 Å². The van der Waals surface area contributed by atoms with E-state index in [1.165, 1.54) is 89.9 Å². The number of ether oxygens (including phenoxy) is 1. The van der Waals surface area contributed by atoms with Crippen molar-refractivity contribution >= 4 is 0 Å². The molecule has 0 rings (SSSR count). The Morgan fingerprint density at radius 3 is 1.40 bits per heavy atom. The van der Waals surface area contributed by atoms with E-state index in [1.807, 2.05) is 7.11 Å². The smallest absolute Gasteiger partial charge is 0.0490 e. The second-order valence-electron chi connectivity index (χ2n) is 6.43. The van der Waals surface area contributed by atoms with Crippen LogP contribution in [-0.4, -0.2) is 13.7 Å². The average molecular weight is 285 g/mol. The van der Waals surface area contributed by atoms with E-state index in [2.05, 4.69) is 13.8 Å². The van der Waals surface area contributed by atoms with Gasteiger partial charge in [0.15, 0.2) is 0 Å². The number of rotatable bonds is 16. The first kappa shape index (κ1) is 20.0. The van der Waals surface area contributed by atoms with Gasteiger partial charge in [-0.05, 0) is 18.8 Å². The largest absolute Gasteiger partial charge is 0.384 e. The molecular formula is C19H40O. The Bertz CT molecular complexity index is 151. The summed E-state index contributed by atoms with van der Waals surface area (Å²) in [5, 5.41) is 0. The van der Waals surface area contributed by atoms with Crippen molar-refractivity contribution in [3.63, 3.8) is 0 Å². The number of hydrogen-bond acceptors (Lipinski definition) is 1. The van der Waals surface area contributed by atoms with Crippen LogP contribution in [0.2, 0.25) is 0 Å². The van der Waals surface area contributed by atoms with Crippen LogP contribution in [0.15, 0.2) is 0 Å². The Morgan fingerprint density at radius 2 is 1.00 bits per heavy atom. The lowest BCUT2D eigenvalue weighted by Gasteiger charge is -2.15. The number of methoxy groups -OCH3 is 1. The molecule has 20 heavy (non-hydrogen) atoms. The fraction of sp³-hybridized carbons (Fsp3) is 1.00. The van der Waals surface area contributed by atoms with E-state index in [-0.39, 0.29) is 0 Å². The summed E-state index contributed by atoms with van der Waals surface area (Å²) < 4.78 is 5.40. The third-order valence-corrected chi connectivity index (χ3v) is 4.33. The zero-order valence-corrected chi connectivity index (χ0v) is 14.6. The van der Waals surface area contributed by atoms with Gasteiger partial charge in [0.1, 0.15) is 0 Å². The molecule has 0 spiro atoms. The monoisotopic (exact) mass is 284 g/mol. The Kier molecular flexibility index (Phi) is 17.0. The van der Waals surface area contributed by atoms with Gasteiger partial charge in [0, 0.05) is 13.7 Å². The van der Waals surface area contributed by atoms with E-state index < -0.39 is 0 Å². The van der Waals surface area contributed by atoms with Crippen LogP contribution >= 0.6 is 0 Å². The van der Waals surface area contributed by atoms with Crippen LogP contribution < -0.4 is 0 Å². The Hall–Kier alpha value is -0.0400. The molecule has 0 fully saturated rings. The van der Waals surface area contributed by atoms with Crippen LogP contribution in [0.5, 0.6) is 0 Å². The van der Waals surface area contributed by atoms with Crippen molar-refractivity contribution in [1.82, 2.24) is 0 Å². The van der Waals surface area contributed by atoms with Crippen molar-refractivity contribution in [1.29, 1.82) is 0 Å². The van der Waals surface area contributed by atoms with E-state index in [1.54, 1.807) is 0 Å². The molecule has 0 amide bonds. The molecule has 0 saturated carbocycles. The number of hydrogen-bond donors (Lipinski definition) is 0. The first-order valence-corrected chi connectivity index (χ1v) is 9.34. The Morgan fingerprint density at radius 1 is 0.600 bits per heavy atom. The van der Waals surface area contributed by atoms with E-state index in [4.69, 9.17) is 4.74 Å². The van der Waals surface area contributed by atoms with Crippen LogP contribution in [0, 0.1) is 5.92 Å². The van der Waals surface area contributed by atoms with Crippen LogP contribution in [0.1, 0.15) is 104 Å². The predicted octanol–water partition coefficient (Wildman–Crippen LogP) is 6.75. The highest BCUT2D eigenvalue weighted by atomic mass is 16.5. The topological polar surface area (TPSA) is 9.23 Å². The summed E-state index contributed by atoms with van der Waals surface area (Å²) in [5.74, 6) is 0.817. The van der Waals surface area contributed by atoms with Gasteiger partial charge in [-0.1, -0.05) is 90.9 Å². The van der Waals surface area contributed by atoms with Gasteiger partial charge in [0.25, 0.3) is 0 Å². The maximum absolute atomic E-state index is 5.40. The summed E-state index contributed by atoms with van der Waals surface area (Å²) in [6, 6.07) is 0. The predicted molar refractivity (Wildman–Crippen MR) is 91.4 cm³/mol. The lowest BCUT2D eigenvalue weighted by Crippen LogP contribution is -2.08. The Balaban J connectivity index is 3.45. The molecule has 0 aliphatic carbocycles. The van der Waals surface area contributed by atoms with Crippen LogP contribution in [0.25, 0.3) is 0 Å². The van der Waals surface area contributed by atoms with Gasteiger partial charge in [-0.2, -0.15) is 0 Å². The first-order chi connectivity index (χ1) is 9.85. The van der Waals surface area contributed by atoms with E-state index in [0.717, 1.165) is 12.5 Å². The average Bonchev–Trinajstić information content (AvgIpc) is 2.46. The third-order valence-electron chi connectivity index (χ3n) is 4.33. The minimum Gasteiger partial charge on any atom is -0.384 e. The minimum atomic E-state index is 0.817. The van der Waals surface area contributed by atoms with Gasteiger partial charge in [0.05, 0.1) is 0 Å². The Labute approximate surface area is 128 Å². The molecule has 0 aromatic carbocycles. The molecule has 0 aromatic rings. The molecule has 0 radical (unpaired) electrons. The van der Waals surface area contributed by atoms with Crippen molar-refractivity contribution in [2.24, 2.45) is 5.92 Å². The molecular weight excluding hydrogens is 244 g/mol. The van der Waals surface area contributed by atoms with Gasteiger partial charge in [-0.3, -0.25) is 0 Å². The SMILES string of the molecule is CCCCCCCCC(CCCCCCCC)COC. The highest BCUT2D eigenvalue weighted by Crippen LogP contribution is 2.19. The second kappa shape index (κ2) is 17.0. The van der Waals surface area contributed by atoms with Crippen LogP contribution in [0.3, 0.4) is 0 Å². The molecule has 0 unspecified atom stereocenters. The minimum absolute atomic E-state index is 0.817.